The number of halogens is 1. The maximum atomic E-state index is 13.5. The van der Waals surface area contributed by atoms with Crippen LogP contribution in [0.1, 0.15) is 5.56 Å². The lowest BCUT2D eigenvalue weighted by Crippen LogP contribution is -2.24. The molecule has 0 bridgehead atoms. The summed E-state index contributed by atoms with van der Waals surface area (Å²) < 4.78 is 13.5. The molecular weight excluding hydrogens is 345 g/mol. The van der Waals surface area contributed by atoms with Crippen molar-refractivity contribution in [2.45, 2.75) is 0 Å². The van der Waals surface area contributed by atoms with Gasteiger partial charge in [-0.2, -0.15) is 5.10 Å². The highest BCUT2D eigenvalue weighted by molar-refractivity contribution is 7.80. The van der Waals surface area contributed by atoms with Gasteiger partial charge in [0.05, 0.1) is 16.8 Å². The van der Waals surface area contributed by atoms with Gasteiger partial charge < -0.3 is 10.2 Å². The molecule has 9 heteroatoms. The highest BCUT2D eigenvalue weighted by Gasteiger charge is 2.15. The topological polar surface area (TPSA) is 82.8 Å². The average molecular weight is 361 g/mol. The van der Waals surface area contributed by atoms with Gasteiger partial charge in [0, 0.05) is 25.7 Å². The highest BCUT2D eigenvalue weighted by Crippen LogP contribution is 2.27. The van der Waals surface area contributed by atoms with Crippen molar-refractivity contribution in [3.63, 3.8) is 0 Å². The Balaban J connectivity index is 2.04. The quantitative estimate of drug-likeness (QED) is 0.368. The number of nitro benzene ring substituents is 1. The summed E-state index contributed by atoms with van der Waals surface area (Å²) in [7, 11) is 3.45. The van der Waals surface area contributed by atoms with E-state index in [0.717, 1.165) is 0 Å². The Morgan fingerprint density at radius 3 is 2.68 bits per heavy atom. The van der Waals surface area contributed by atoms with Crippen molar-refractivity contribution in [3.05, 3.63) is 64.0 Å². The van der Waals surface area contributed by atoms with Crippen LogP contribution in [0.3, 0.4) is 0 Å². The maximum absolute atomic E-state index is 13.5. The fourth-order valence-corrected chi connectivity index (χ4v) is 2.19. The van der Waals surface area contributed by atoms with Gasteiger partial charge in [-0.3, -0.25) is 15.5 Å². The molecule has 2 rings (SSSR count). The van der Waals surface area contributed by atoms with E-state index in [1.807, 2.05) is 0 Å². The molecule has 130 valence electrons. The van der Waals surface area contributed by atoms with Gasteiger partial charge in [-0.1, -0.05) is 18.2 Å². The van der Waals surface area contributed by atoms with Gasteiger partial charge in [0.25, 0.3) is 5.69 Å². The van der Waals surface area contributed by atoms with Gasteiger partial charge in [-0.15, -0.1) is 0 Å². The zero-order valence-electron chi connectivity index (χ0n) is 13.6. The number of nitrogens with zero attached hydrogens (tertiary/aromatic N) is 3. The summed E-state index contributed by atoms with van der Waals surface area (Å²) in [5.74, 6) is -0.439. The Morgan fingerprint density at radius 2 is 2.04 bits per heavy atom. The molecule has 0 aromatic heterocycles. The second-order valence-electron chi connectivity index (χ2n) is 5.20. The zero-order valence-corrected chi connectivity index (χ0v) is 14.4. The third kappa shape index (κ3) is 4.95. The molecule has 2 aromatic rings. The summed E-state index contributed by atoms with van der Waals surface area (Å²) in [6, 6.07) is 10.8. The molecule has 2 N–H and O–H groups in total. The van der Waals surface area contributed by atoms with Crippen LogP contribution in [0.4, 0.5) is 21.5 Å². The van der Waals surface area contributed by atoms with Crippen LogP contribution in [0, 0.1) is 15.9 Å². The number of hydrazone groups is 1. The lowest BCUT2D eigenvalue weighted by molar-refractivity contribution is -0.384. The van der Waals surface area contributed by atoms with Crippen molar-refractivity contribution < 1.29 is 9.31 Å². The van der Waals surface area contributed by atoms with Crippen LogP contribution in [0.15, 0.2) is 47.6 Å². The standard InChI is InChI=1S/C16H16FN5O2S/c1-21(2)14-8-7-11(9-15(14)22(23)24)10-18-20-16(25)19-13-6-4-3-5-12(13)17/h3-10H,1-2H3,(H2,19,20,25)/b18-10-. The maximum Gasteiger partial charge on any atom is 0.293 e. The van der Waals surface area contributed by atoms with E-state index in [2.05, 4.69) is 15.8 Å². The molecule has 0 radical (unpaired) electrons. The van der Waals surface area contributed by atoms with E-state index in [0.29, 0.717) is 11.3 Å². The van der Waals surface area contributed by atoms with Gasteiger partial charge in [0.1, 0.15) is 11.5 Å². The molecule has 0 fully saturated rings. The van der Waals surface area contributed by atoms with Crippen molar-refractivity contribution >= 4 is 40.6 Å². The summed E-state index contributed by atoms with van der Waals surface area (Å²) in [6.07, 6.45) is 1.39. The molecule has 0 saturated heterocycles. The monoisotopic (exact) mass is 361 g/mol. The molecule has 25 heavy (non-hydrogen) atoms. The molecule has 0 unspecified atom stereocenters. The third-order valence-electron chi connectivity index (χ3n) is 3.18. The SMILES string of the molecule is CN(C)c1ccc(/C=N\NC(=S)Nc2ccccc2F)cc1[N+](=O)[O-]. The van der Waals surface area contributed by atoms with E-state index in [1.54, 1.807) is 43.3 Å². The lowest BCUT2D eigenvalue weighted by atomic mass is 10.2. The van der Waals surface area contributed by atoms with Gasteiger partial charge in [0.2, 0.25) is 0 Å². The Morgan fingerprint density at radius 1 is 1.32 bits per heavy atom. The predicted molar refractivity (Wildman–Crippen MR) is 101 cm³/mol. The fraction of sp³-hybridized carbons (Fsp3) is 0.125. The van der Waals surface area contributed by atoms with Crippen LogP contribution < -0.4 is 15.6 Å². The molecular formula is C16H16FN5O2S. The van der Waals surface area contributed by atoms with Crippen LogP contribution >= 0.6 is 12.2 Å². The number of nitrogens with one attached hydrogen (secondary N) is 2. The molecule has 0 aliphatic carbocycles. The van der Waals surface area contributed by atoms with E-state index in [9.17, 15) is 14.5 Å². The number of nitro groups is 1. The minimum Gasteiger partial charge on any atom is -0.372 e. The molecule has 2 aromatic carbocycles. The Bertz CT molecular complexity index is 826. The minimum atomic E-state index is -0.454. The first-order chi connectivity index (χ1) is 11.9. The Kier molecular flexibility index (Phi) is 5.96. The summed E-state index contributed by atoms with van der Waals surface area (Å²) in [6.45, 7) is 0. The number of anilines is 2. The van der Waals surface area contributed by atoms with E-state index in [4.69, 9.17) is 12.2 Å². The Hall–Kier alpha value is -3.07. The van der Waals surface area contributed by atoms with Crippen LogP contribution in [0.25, 0.3) is 0 Å². The van der Waals surface area contributed by atoms with Gasteiger partial charge >= 0.3 is 0 Å². The van der Waals surface area contributed by atoms with E-state index in [-0.39, 0.29) is 16.5 Å². The van der Waals surface area contributed by atoms with Crippen molar-refractivity contribution in [3.8, 4) is 0 Å². The number of benzene rings is 2. The number of hydrogen-bond donors (Lipinski definition) is 2. The largest absolute Gasteiger partial charge is 0.372 e. The van der Waals surface area contributed by atoms with Crippen LogP contribution in [-0.2, 0) is 0 Å². The van der Waals surface area contributed by atoms with Gasteiger partial charge in [-0.05, 0) is 30.4 Å². The van der Waals surface area contributed by atoms with Crippen LogP contribution in [-0.4, -0.2) is 30.3 Å². The third-order valence-corrected chi connectivity index (χ3v) is 3.37. The van der Waals surface area contributed by atoms with E-state index in [1.165, 1.54) is 24.4 Å². The highest BCUT2D eigenvalue weighted by atomic mass is 32.1. The van der Waals surface area contributed by atoms with Crippen LogP contribution in [0.5, 0.6) is 0 Å². The zero-order chi connectivity index (χ0) is 18.4. The summed E-state index contributed by atoms with van der Waals surface area (Å²) in [4.78, 5) is 12.4. The second-order valence-corrected chi connectivity index (χ2v) is 5.61. The van der Waals surface area contributed by atoms with E-state index < -0.39 is 10.7 Å². The summed E-state index contributed by atoms with van der Waals surface area (Å²) >= 11 is 5.02. The average Bonchev–Trinajstić information content (AvgIpc) is 2.56. The Labute approximate surface area is 149 Å². The normalized spacial score (nSPS) is 10.5. The van der Waals surface area contributed by atoms with Gasteiger partial charge in [0.15, 0.2) is 5.11 Å². The number of hydrogen-bond acceptors (Lipinski definition) is 5. The summed E-state index contributed by atoms with van der Waals surface area (Å²) in [5, 5.41) is 17.8. The number of rotatable bonds is 5. The molecule has 0 aliphatic heterocycles. The van der Waals surface area contributed by atoms with Crippen molar-refractivity contribution in [1.82, 2.24) is 5.43 Å². The fourth-order valence-electron chi connectivity index (χ4n) is 2.02. The molecule has 0 atom stereocenters. The van der Waals surface area contributed by atoms with Crippen molar-refractivity contribution in [2.75, 3.05) is 24.3 Å². The van der Waals surface area contributed by atoms with Crippen molar-refractivity contribution in [2.24, 2.45) is 5.10 Å². The smallest absolute Gasteiger partial charge is 0.293 e. The number of thiocarbonyl (C=S) groups is 1. The number of para-hydroxylation sites is 1. The molecule has 0 aliphatic rings. The first-order valence-electron chi connectivity index (χ1n) is 7.19. The minimum absolute atomic E-state index is 0.0268. The van der Waals surface area contributed by atoms with Crippen molar-refractivity contribution in [1.29, 1.82) is 0 Å². The van der Waals surface area contributed by atoms with E-state index >= 15 is 0 Å². The molecule has 0 amide bonds. The molecule has 0 saturated carbocycles. The first kappa shape index (κ1) is 18.3. The first-order valence-corrected chi connectivity index (χ1v) is 7.59. The van der Waals surface area contributed by atoms with Crippen LogP contribution in [0.2, 0.25) is 0 Å². The molecule has 0 spiro atoms. The second kappa shape index (κ2) is 8.15. The van der Waals surface area contributed by atoms with Gasteiger partial charge in [-0.25, -0.2) is 4.39 Å². The molecule has 7 nitrogen and oxygen atoms in total. The summed E-state index contributed by atoms with van der Waals surface area (Å²) in [5.41, 5.74) is 3.75. The lowest BCUT2D eigenvalue weighted by Gasteiger charge is -2.12. The molecule has 0 heterocycles. The predicted octanol–water partition coefficient (Wildman–Crippen LogP) is 3.12.